The van der Waals surface area contributed by atoms with Gasteiger partial charge in [0, 0.05) is 8.59 Å². The first-order valence-electron chi connectivity index (χ1n) is 5.86. The quantitative estimate of drug-likeness (QED) is 0.456. The van der Waals surface area contributed by atoms with Gasteiger partial charge >= 0.3 is 0 Å². The van der Waals surface area contributed by atoms with Gasteiger partial charge in [-0.15, -0.1) is 0 Å². The summed E-state index contributed by atoms with van der Waals surface area (Å²) in [7, 11) is 0. The topological polar surface area (TPSA) is 38.0 Å². The van der Waals surface area contributed by atoms with Gasteiger partial charge in [0.1, 0.15) is 11.6 Å². The summed E-state index contributed by atoms with van der Waals surface area (Å²) in [6, 6.07) is 8.37. The molecule has 0 radical (unpaired) electrons. The molecule has 0 aromatic heterocycles. The van der Waals surface area contributed by atoms with E-state index in [0.717, 1.165) is 9.13 Å². The van der Waals surface area contributed by atoms with Crippen LogP contribution in [0.15, 0.2) is 36.4 Å². The van der Waals surface area contributed by atoms with Crippen molar-refractivity contribution < 1.29 is 8.78 Å². The molecule has 0 spiro atoms. The molecule has 1 atom stereocenters. The van der Waals surface area contributed by atoms with Crippen molar-refractivity contribution in [2.75, 3.05) is 0 Å². The summed E-state index contributed by atoms with van der Waals surface area (Å²) in [5.41, 5.74) is 4.16. The van der Waals surface area contributed by atoms with Crippen molar-refractivity contribution in [1.82, 2.24) is 5.43 Å². The smallest absolute Gasteiger partial charge is 0.124 e. The first-order chi connectivity index (χ1) is 9.51. The van der Waals surface area contributed by atoms with Crippen molar-refractivity contribution in [2.24, 2.45) is 5.84 Å². The number of benzene rings is 2. The van der Waals surface area contributed by atoms with Crippen molar-refractivity contribution in [2.45, 2.75) is 12.5 Å². The van der Waals surface area contributed by atoms with E-state index in [4.69, 9.17) is 17.4 Å². The second-order valence-electron chi connectivity index (χ2n) is 4.32. The van der Waals surface area contributed by atoms with E-state index in [2.05, 4.69) is 5.43 Å². The minimum absolute atomic E-state index is 0.276. The van der Waals surface area contributed by atoms with E-state index in [1.54, 1.807) is 6.07 Å². The lowest BCUT2D eigenvalue weighted by Gasteiger charge is -2.18. The van der Waals surface area contributed by atoms with Crippen LogP contribution < -0.4 is 11.3 Å². The summed E-state index contributed by atoms with van der Waals surface area (Å²) in [6.07, 6.45) is 0.411. The molecule has 0 saturated carbocycles. The maximum Gasteiger partial charge on any atom is 0.124 e. The molecule has 0 fully saturated rings. The van der Waals surface area contributed by atoms with Crippen LogP contribution in [0.3, 0.4) is 0 Å². The number of hydrazine groups is 1. The highest BCUT2D eigenvalue weighted by Crippen LogP contribution is 2.27. The van der Waals surface area contributed by atoms with E-state index in [1.807, 2.05) is 22.6 Å². The van der Waals surface area contributed by atoms with Crippen LogP contribution in [0.2, 0.25) is 5.02 Å². The van der Waals surface area contributed by atoms with E-state index in [-0.39, 0.29) is 17.7 Å². The van der Waals surface area contributed by atoms with Crippen LogP contribution in [0.5, 0.6) is 0 Å². The zero-order chi connectivity index (χ0) is 14.7. The molecule has 106 valence electrons. The van der Waals surface area contributed by atoms with Crippen LogP contribution in [-0.4, -0.2) is 0 Å². The summed E-state index contributed by atoms with van der Waals surface area (Å²) in [4.78, 5) is 0. The molecule has 2 rings (SSSR count). The van der Waals surface area contributed by atoms with Gasteiger partial charge in [-0.3, -0.25) is 11.3 Å². The molecular weight excluding hydrogens is 397 g/mol. The fourth-order valence-electron chi connectivity index (χ4n) is 1.96. The van der Waals surface area contributed by atoms with Crippen molar-refractivity contribution >= 4 is 34.2 Å². The van der Waals surface area contributed by atoms with Gasteiger partial charge < -0.3 is 0 Å². The second-order valence-corrected chi connectivity index (χ2v) is 5.89. The van der Waals surface area contributed by atoms with Crippen molar-refractivity contribution in [1.29, 1.82) is 0 Å². The Hall–Kier alpha value is -0.760. The number of hydrogen-bond donors (Lipinski definition) is 2. The Morgan fingerprint density at radius 3 is 2.45 bits per heavy atom. The monoisotopic (exact) mass is 408 g/mol. The molecule has 1 unspecified atom stereocenters. The number of halogens is 4. The fraction of sp³-hybridized carbons (Fsp3) is 0.143. The highest BCUT2D eigenvalue weighted by molar-refractivity contribution is 14.1. The van der Waals surface area contributed by atoms with Gasteiger partial charge in [0.2, 0.25) is 0 Å². The summed E-state index contributed by atoms with van der Waals surface area (Å²) in [5.74, 6) is 4.90. The number of nitrogens with two attached hydrogens (primary N) is 1. The van der Waals surface area contributed by atoms with Crippen LogP contribution in [0.4, 0.5) is 8.78 Å². The van der Waals surface area contributed by atoms with E-state index in [1.165, 1.54) is 30.3 Å². The van der Waals surface area contributed by atoms with E-state index in [9.17, 15) is 8.78 Å². The third-order valence-corrected chi connectivity index (χ3v) is 4.27. The molecule has 0 bridgehead atoms. The Morgan fingerprint density at radius 1 is 1.15 bits per heavy atom. The molecule has 2 nitrogen and oxygen atoms in total. The lowest BCUT2D eigenvalue weighted by molar-refractivity contribution is 0.544. The third-order valence-electron chi connectivity index (χ3n) is 2.97. The molecule has 20 heavy (non-hydrogen) atoms. The standard InChI is InChI=1S/C14H12ClF2IN2/c15-12-4-2-9(16)5-8(12)6-14(20-19)11-3-1-10(17)7-13(11)18/h1-5,7,14,20H,6,19H2. The largest absolute Gasteiger partial charge is 0.271 e. The predicted molar refractivity (Wildman–Crippen MR) is 84.3 cm³/mol. The minimum Gasteiger partial charge on any atom is -0.271 e. The van der Waals surface area contributed by atoms with E-state index >= 15 is 0 Å². The number of hydrogen-bond acceptors (Lipinski definition) is 2. The molecule has 0 aliphatic carbocycles. The molecule has 0 amide bonds. The van der Waals surface area contributed by atoms with E-state index in [0.29, 0.717) is 17.0 Å². The van der Waals surface area contributed by atoms with Crippen LogP contribution in [0.25, 0.3) is 0 Å². The van der Waals surface area contributed by atoms with Gasteiger partial charge in [0.25, 0.3) is 0 Å². The molecule has 0 aliphatic heterocycles. The third kappa shape index (κ3) is 3.66. The summed E-state index contributed by atoms with van der Waals surface area (Å²) >= 11 is 8.09. The van der Waals surface area contributed by atoms with Crippen molar-refractivity contribution in [3.63, 3.8) is 0 Å². The van der Waals surface area contributed by atoms with Crippen molar-refractivity contribution in [3.05, 3.63) is 67.8 Å². The zero-order valence-corrected chi connectivity index (χ0v) is 13.3. The van der Waals surface area contributed by atoms with Gasteiger partial charge in [-0.1, -0.05) is 17.7 Å². The Labute approximate surface area is 134 Å². The summed E-state index contributed by atoms with van der Waals surface area (Å²) in [5, 5.41) is 0.476. The van der Waals surface area contributed by atoms with E-state index < -0.39 is 0 Å². The van der Waals surface area contributed by atoms with Crippen LogP contribution in [0.1, 0.15) is 17.2 Å². The van der Waals surface area contributed by atoms with Crippen LogP contribution in [-0.2, 0) is 6.42 Å². The molecule has 2 aromatic carbocycles. The second kappa shape index (κ2) is 6.80. The number of nitrogens with one attached hydrogen (secondary N) is 1. The molecule has 3 N–H and O–H groups in total. The lowest BCUT2D eigenvalue weighted by atomic mass is 9.99. The summed E-state index contributed by atoms with van der Waals surface area (Å²) < 4.78 is 27.2. The molecule has 6 heteroatoms. The van der Waals surface area contributed by atoms with Crippen molar-refractivity contribution in [3.8, 4) is 0 Å². The van der Waals surface area contributed by atoms with Gasteiger partial charge in [-0.05, 0) is 70.5 Å². The molecule has 0 saturated heterocycles. The Balaban J connectivity index is 2.31. The minimum atomic E-state index is -0.353. The first kappa shape index (κ1) is 15.6. The Morgan fingerprint density at radius 2 is 1.80 bits per heavy atom. The van der Waals surface area contributed by atoms with Gasteiger partial charge in [0.15, 0.2) is 0 Å². The average Bonchev–Trinajstić information content (AvgIpc) is 2.40. The maximum atomic E-state index is 13.3. The average molecular weight is 409 g/mol. The molecule has 2 aromatic rings. The normalized spacial score (nSPS) is 12.4. The van der Waals surface area contributed by atoms with Gasteiger partial charge in [-0.2, -0.15) is 0 Å². The molecule has 0 aliphatic rings. The lowest BCUT2D eigenvalue weighted by Crippen LogP contribution is -2.30. The number of rotatable bonds is 4. The SMILES string of the molecule is NNC(Cc1cc(F)ccc1Cl)c1ccc(F)cc1I. The first-order valence-corrected chi connectivity index (χ1v) is 7.32. The van der Waals surface area contributed by atoms with Crippen LogP contribution >= 0.6 is 34.2 Å². The highest BCUT2D eigenvalue weighted by Gasteiger charge is 2.16. The molecular formula is C14H12ClF2IN2. The summed E-state index contributed by atoms with van der Waals surface area (Å²) in [6.45, 7) is 0. The Bertz CT molecular complexity index is 622. The molecule has 0 heterocycles. The Kier molecular flexibility index (Phi) is 5.31. The van der Waals surface area contributed by atoms with Gasteiger partial charge in [-0.25, -0.2) is 8.78 Å². The zero-order valence-electron chi connectivity index (χ0n) is 10.3. The van der Waals surface area contributed by atoms with Gasteiger partial charge in [0.05, 0.1) is 6.04 Å². The maximum absolute atomic E-state index is 13.3. The van der Waals surface area contributed by atoms with Crippen LogP contribution in [0, 0.1) is 15.2 Å². The predicted octanol–water partition coefficient (Wildman–Crippen LogP) is 3.97. The fourth-order valence-corrected chi connectivity index (χ4v) is 3.01. The highest BCUT2D eigenvalue weighted by atomic mass is 127.